The highest BCUT2D eigenvalue weighted by atomic mass is 79.9. The van der Waals surface area contributed by atoms with Gasteiger partial charge >= 0.3 is 0 Å². The molecular weight excluding hydrogens is 374 g/mol. The molecule has 0 saturated heterocycles. The van der Waals surface area contributed by atoms with Crippen LogP contribution in [0.3, 0.4) is 0 Å². The number of hydrogen-bond acceptors (Lipinski definition) is 5. The topological polar surface area (TPSA) is 84.3 Å². The molecule has 24 heavy (non-hydrogen) atoms. The molecular formula is C17H14BrN3O3. The lowest BCUT2D eigenvalue weighted by Gasteiger charge is -2.09. The molecule has 0 aliphatic rings. The molecule has 2 aromatic heterocycles. The van der Waals surface area contributed by atoms with Gasteiger partial charge in [-0.25, -0.2) is 4.98 Å². The van der Waals surface area contributed by atoms with Crippen LogP contribution in [0.15, 0.2) is 47.2 Å². The number of nitrogens with zero attached hydrogens (tertiary/aromatic N) is 2. The molecule has 7 heteroatoms. The van der Waals surface area contributed by atoms with Gasteiger partial charge in [0.05, 0.1) is 7.11 Å². The van der Waals surface area contributed by atoms with Crippen molar-refractivity contribution in [1.82, 2.24) is 15.3 Å². The Morgan fingerprint density at radius 1 is 1.29 bits per heavy atom. The summed E-state index contributed by atoms with van der Waals surface area (Å²) in [6.07, 6.45) is 1.55. The molecule has 3 aromatic rings. The molecule has 0 atom stereocenters. The molecule has 0 bridgehead atoms. The number of aromatic nitrogens is 2. The van der Waals surface area contributed by atoms with Gasteiger partial charge < -0.3 is 15.2 Å². The lowest BCUT2D eigenvalue weighted by atomic mass is 10.2. The molecule has 3 rings (SSSR count). The fourth-order valence-electron chi connectivity index (χ4n) is 2.25. The molecule has 0 saturated carbocycles. The van der Waals surface area contributed by atoms with Crippen LogP contribution >= 0.6 is 15.9 Å². The van der Waals surface area contributed by atoms with Gasteiger partial charge in [-0.05, 0) is 45.8 Å². The van der Waals surface area contributed by atoms with Gasteiger partial charge in [-0.1, -0.05) is 12.1 Å². The van der Waals surface area contributed by atoms with Gasteiger partial charge in [0.1, 0.15) is 15.9 Å². The van der Waals surface area contributed by atoms with E-state index in [0.29, 0.717) is 22.1 Å². The van der Waals surface area contributed by atoms with Gasteiger partial charge in [0.15, 0.2) is 11.4 Å². The van der Waals surface area contributed by atoms with E-state index in [0.717, 1.165) is 11.3 Å². The lowest BCUT2D eigenvalue weighted by molar-refractivity contribution is 0.0943. The summed E-state index contributed by atoms with van der Waals surface area (Å²) in [7, 11) is 1.59. The van der Waals surface area contributed by atoms with Crippen LogP contribution < -0.4 is 10.1 Å². The second-order valence-corrected chi connectivity index (χ2v) is 5.78. The molecule has 2 N–H and O–H groups in total. The van der Waals surface area contributed by atoms with E-state index in [1.807, 2.05) is 24.3 Å². The van der Waals surface area contributed by atoms with Gasteiger partial charge in [0.2, 0.25) is 0 Å². The largest absolute Gasteiger partial charge is 0.504 e. The maximum Gasteiger partial charge on any atom is 0.274 e. The average Bonchev–Trinajstić information content (AvgIpc) is 2.63. The number of halogens is 1. The summed E-state index contributed by atoms with van der Waals surface area (Å²) < 4.78 is 5.55. The number of aromatic hydroxyl groups is 1. The number of rotatable bonds is 4. The maximum absolute atomic E-state index is 12.4. The van der Waals surface area contributed by atoms with Crippen LogP contribution in [0.5, 0.6) is 11.5 Å². The number of amides is 1. The number of nitrogens with one attached hydrogen (secondary N) is 1. The summed E-state index contributed by atoms with van der Waals surface area (Å²) in [5.41, 5.74) is 1.16. The van der Waals surface area contributed by atoms with Crippen LogP contribution in [0.2, 0.25) is 0 Å². The lowest BCUT2D eigenvalue weighted by Crippen LogP contribution is -2.24. The zero-order valence-electron chi connectivity index (χ0n) is 12.8. The summed E-state index contributed by atoms with van der Waals surface area (Å²) in [6, 6.07) is 10.8. The minimum Gasteiger partial charge on any atom is -0.504 e. The first kappa shape index (κ1) is 16.2. The van der Waals surface area contributed by atoms with E-state index < -0.39 is 5.91 Å². The third-order valence-corrected chi connectivity index (χ3v) is 4.12. The molecule has 1 amide bonds. The molecule has 0 unspecified atom stereocenters. The molecule has 122 valence electrons. The van der Waals surface area contributed by atoms with Crippen molar-refractivity contribution < 1.29 is 14.6 Å². The van der Waals surface area contributed by atoms with E-state index in [-0.39, 0.29) is 11.4 Å². The fourth-order valence-corrected chi connectivity index (χ4v) is 2.75. The number of ether oxygens (including phenoxy) is 1. The molecule has 0 fully saturated rings. The smallest absolute Gasteiger partial charge is 0.274 e. The number of carbonyl (C=O) groups is 1. The molecule has 1 aromatic carbocycles. The Bertz CT molecular complexity index is 897. The monoisotopic (exact) mass is 387 g/mol. The Hall–Kier alpha value is -2.67. The van der Waals surface area contributed by atoms with Crippen molar-refractivity contribution in [3.05, 3.63) is 58.5 Å². The van der Waals surface area contributed by atoms with Gasteiger partial charge in [-0.15, -0.1) is 0 Å². The van der Waals surface area contributed by atoms with E-state index in [4.69, 9.17) is 4.74 Å². The van der Waals surface area contributed by atoms with Crippen LogP contribution in [-0.4, -0.2) is 28.1 Å². The van der Waals surface area contributed by atoms with Crippen LogP contribution in [0.25, 0.3) is 10.9 Å². The average molecular weight is 388 g/mol. The Kier molecular flexibility index (Phi) is 4.61. The normalized spacial score (nSPS) is 10.6. The van der Waals surface area contributed by atoms with Gasteiger partial charge in [0, 0.05) is 18.1 Å². The van der Waals surface area contributed by atoms with Crippen molar-refractivity contribution in [3.63, 3.8) is 0 Å². The molecule has 2 heterocycles. The number of pyridine rings is 2. The zero-order valence-corrected chi connectivity index (χ0v) is 14.4. The molecule has 0 spiro atoms. The number of fused-ring (bicyclic) bond motifs is 1. The predicted molar refractivity (Wildman–Crippen MR) is 93.1 cm³/mol. The first-order valence-corrected chi connectivity index (χ1v) is 7.93. The fraction of sp³-hybridized carbons (Fsp3) is 0.118. The minimum absolute atomic E-state index is 0.0680. The predicted octanol–water partition coefficient (Wildman–Crippen LogP) is 3.04. The summed E-state index contributed by atoms with van der Waals surface area (Å²) in [5, 5.41) is 13.7. The molecule has 0 aliphatic carbocycles. The molecule has 6 nitrogen and oxygen atoms in total. The van der Waals surface area contributed by atoms with Crippen LogP contribution in [-0.2, 0) is 6.54 Å². The summed E-state index contributed by atoms with van der Waals surface area (Å²) in [6.45, 7) is 0.307. The van der Waals surface area contributed by atoms with E-state index in [9.17, 15) is 9.90 Å². The number of methoxy groups -OCH3 is 1. The minimum atomic E-state index is -0.475. The van der Waals surface area contributed by atoms with Crippen LogP contribution in [0, 0.1) is 0 Å². The van der Waals surface area contributed by atoms with Crippen LogP contribution in [0.4, 0.5) is 0 Å². The first-order chi connectivity index (χ1) is 11.6. The number of carbonyl (C=O) groups excluding carboxylic acids is 1. The maximum atomic E-state index is 12.4. The van der Waals surface area contributed by atoms with Crippen LogP contribution in [0.1, 0.15) is 16.1 Å². The van der Waals surface area contributed by atoms with Gasteiger partial charge in [-0.3, -0.25) is 9.78 Å². The van der Waals surface area contributed by atoms with Gasteiger partial charge in [-0.2, -0.15) is 0 Å². The SMILES string of the molecule is COc1ccc(CNC(=O)c2nc(Br)c3cccnc3c2O)cc1. The first-order valence-electron chi connectivity index (χ1n) is 7.14. The van der Waals surface area contributed by atoms with E-state index in [1.54, 1.807) is 25.4 Å². The zero-order chi connectivity index (χ0) is 17.1. The second kappa shape index (κ2) is 6.84. The number of benzene rings is 1. The van der Waals surface area contributed by atoms with Crippen molar-refractivity contribution in [3.8, 4) is 11.5 Å². The molecule has 0 radical (unpaired) electrons. The van der Waals surface area contributed by atoms with Gasteiger partial charge in [0.25, 0.3) is 5.91 Å². The summed E-state index contributed by atoms with van der Waals surface area (Å²) >= 11 is 3.31. The third-order valence-electron chi connectivity index (χ3n) is 3.52. The Morgan fingerprint density at radius 2 is 2.04 bits per heavy atom. The second-order valence-electron chi connectivity index (χ2n) is 5.03. The van der Waals surface area contributed by atoms with E-state index in [1.165, 1.54) is 0 Å². The standard InChI is InChI=1S/C17H14BrN3O3/c1-24-11-6-4-10(5-7-11)9-20-17(23)14-15(22)13-12(16(18)21-14)3-2-8-19-13/h2-8,22H,9H2,1H3,(H,20,23). The van der Waals surface area contributed by atoms with Crippen molar-refractivity contribution in [1.29, 1.82) is 0 Å². The molecule has 0 aliphatic heterocycles. The third kappa shape index (κ3) is 3.16. The van der Waals surface area contributed by atoms with Crippen molar-refractivity contribution >= 4 is 32.7 Å². The highest BCUT2D eigenvalue weighted by Gasteiger charge is 2.18. The summed E-state index contributed by atoms with van der Waals surface area (Å²) in [4.78, 5) is 20.6. The van der Waals surface area contributed by atoms with E-state index in [2.05, 4.69) is 31.2 Å². The Morgan fingerprint density at radius 3 is 2.75 bits per heavy atom. The highest BCUT2D eigenvalue weighted by molar-refractivity contribution is 9.10. The van der Waals surface area contributed by atoms with E-state index >= 15 is 0 Å². The van der Waals surface area contributed by atoms with Crippen molar-refractivity contribution in [2.24, 2.45) is 0 Å². The Labute approximate surface area is 146 Å². The highest BCUT2D eigenvalue weighted by Crippen LogP contribution is 2.30. The van der Waals surface area contributed by atoms with Crippen molar-refractivity contribution in [2.75, 3.05) is 7.11 Å². The van der Waals surface area contributed by atoms with Crippen molar-refractivity contribution in [2.45, 2.75) is 6.54 Å². The quantitative estimate of drug-likeness (QED) is 0.672. The number of hydrogen-bond donors (Lipinski definition) is 2. The Balaban J connectivity index is 1.82. The summed E-state index contributed by atoms with van der Waals surface area (Å²) in [5.74, 6) is 0.0338.